The van der Waals surface area contributed by atoms with Gasteiger partial charge in [0, 0.05) is 18.3 Å². The number of nitrogens with one attached hydrogen (secondary N) is 2. The molecule has 0 aliphatic rings. The first-order valence-electron chi connectivity index (χ1n) is 8.69. The molecule has 0 saturated heterocycles. The van der Waals surface area contributed by atoms with Gasteiger partial charge in [0.05, 0.1) is 0 Å². The maximum Gasteiger partial charge on any atom is 0.136 e. The number of benzene rings is 2. The van der Waals surface area contributed by atoms with Gasteiger partial charge in [0.25, 0.3) is 0 Å². The number of anilines is 3. The lowest BCUT2D eigenvalue weighted by Crippen LogP contribution is -2.09. The van der Waals surface area contributed by atoms with Crippen molar-refractivity contribution in [2.24, 2.45) is 0 Å². The summed E-state index contributed by atoms with van der Waals surface area (Å²) in [6, 6.07) is 14.8. The largest absolute Gasteiger partial charge is 0.370 e. The van der Waals surface area contributed by atoms with E-state index < -0.39 is 0 Å². The first-order chi connectivity index (χ1) is 12.5. The molecule has 1 heterocycles. The number of aryl methyl sites for hydroxylation is 2. The summed E-state index contributed by atoms with van der Waals surface area (Å²) in [4.78, 5) is 8.87. The van der Waals surface area contributed by atoms with Crippen molar-refractivity contribution in [2.45, 2.75) is 27.2 Å². The number of aromatic nitrogens is 2. The van der Waals surface area contributed by atoms with E-state index in [-0.39, 0.29) is 5.82 Å². The van der Waals surface area contributed by atoms with E-state index in [1.165, 1.54) is 17.2 Å². The fourth-order valence-corrected chi connectivity index (χ4v) is 2.77. The minimum atomic E-state index is -0.176. The van der Waals surface area contributed by atoms with E-state index in [1.54, 1.807) is 12.1 Å². The Bertz CT molecular complexity index is 908. The van der Waals surface area contributed by atoms with Gasteiger partial charge in [0.1, 0.15) is 23.3 Å². The van der Waals surface area contributed by atoms with Gasteiger partial charge in [-0.2, -0.15) is 0 Å². The van der Waals surface area contributed by atoms with Gasteiger partial charge in [0.2, 0.25) is 0 Å². The first kappa shape index (κ1) is 17.9. The predicted molar refractivity (Wildman–Crippen MR) is 105 cm³/mol. The fraction of sp³-hybridized carbons (Fsp3) is 0.238. The molecule has 2 N–H and O–H groups in total. The number of hydrogen-bond donors (Lipinski definition) is 2. The molecular formula is C21H23FN4. The summed E-state index contributed by atoms with van der Waals surface area (Å²) < 4.78 is 13.7. The molecule has 3 rings (SSSR count). The highest BCUT2D eigenvalue weighted by Crippen LogP contribution is 2.23. The molecule has 0 unspecified atom stereocenters. The molecule has 0 bridgehead atoms. The van der Waals surface area contributed by atoms with Gasteiger partial charge in [-0.1, -0.05) is 30.3 Å². The zero-order chi connectivity index (χ0) is 18.5. The standard InChI is InChI=1S/C21H23FN4/c1-14-7-6-10-19(15(14)2)26-21-13-20(24-16(3)25-21)23-12-11-17-8-4-5-9-18(17)22/h4-10,13H,11-12H2,1-3H3,(H2,23,24,25,26). The third-order valence-corrected chi connectivity index (χ3v) is 4.36. The van der Waals surface area contributed by atoms with Crippen molar-refractivity contribution in [2.75, 3.05) is 17.2 Å². The Morgan fingerprint density at radius 3 is 2.50 bits per heavy atom. The molecule has 1 aromatic heterocycles. The highest BCUT2D eigenvalue weighted by molar-refractivity contribution is 5.63. The second-order valence-corrected chi connectivity index (χ2v) is 6.33. The Labute approximate surface area is 153 Å². The molecular weight excluding hydrogens is 327 g/mol. The van der Waals surface area contributed by atoms with Crippen molar-refractivity contribution in [1.29, 1.82) is 0 Å². The van der Waals surface area contributed by atoms with E-state index in [0.29, 0.717) is 24.4 Å². The Morgan fingerprint density at radius 2 is 1.69 bits per heavy atom. The molecule has 0 aliphatic carbocycles. The van der Waals surface area contributed by atoms with E-state index >= 15 is 0 Å². The Balaban J connectivity index is 1.69. The van der Waals surface area contributed by atoms with Crippen LogP contribution in [0.25, 0.3) is 0 Å². The van der Waals surface area contributed by atoms with Crippen LogP contribution in [0, 0.1) is 26.6 Å². The zero-order valence-electron chi connectivity index (χ0n) is 15.3. The second-order valence-electron chi connectivity index (χ2n) is 6.33. The third kappa shape index (κ3) is 4.36. The van der Waals surface area contributed by atoms with Crippen molar-refractivity contribution in [3.05, 3.63) is 76.9 Å². The summed E-state index contributed by atoms with van der Waals surface area (Å²) >= 11 is 0. The van der Waals surface area contributed by atoms with Crippen molar-refractivity contribution in [3.8, 4) is 0 Å². The van der Waals surface area contributed by atoms with Gasteiger partial charge in [-0.15, -0.1) is 0 Å². The van der Waals surface area contributed by atoms with Gasteiger partial charge in [-0.05, 0) is 56.0 Å². The number of hydrogen-bond acceptors (Lipinski definition) is 4. The summed E-state index contributed by atoms with van der Waals surface area (Å²) in [6.45, 7) is 6.62. The van der Waals surface area contributed by atoms with Crippen LogP contribution in [0.1, 0.15) is 22.5 Å². The van der Waals surface area contributed by atoms with Gasteiger partial charge in [0.15, 0.2) is 0 Å². The SMILES string of the molecule is Cc1nc(NCCc2ccccc2F)cc(Nc2cccc(C)c2C)n1. The van der Waals surface area contributed by atoms with Crippen molar-refractivity contribution < 1.29 is 4.39 Å². The van der Waals surface area contributed by atoms with Crippen LogP contribution in [0.4, 0.5) is 21.7 Å². The minimum absolute atomic E-state index is 0.176. The Morgan fingerprint density at radius 1 is 0.923 bits per heavy atom. The molecule has 5 heteroatoms. The molecule has 2 aromatic carbocycles. The molecule has 0 spiro atoms. The molecule has 0 saturated carbocycles. The third-order valence-electron chi connectivity index (χ3n) is 4.36. The smallest absolute Gasteiger partial charge is 0.136 e. The second kappa shape index (κ2) is 7.95. The molecule has 134 valence electrons. The van der Waals surface area contributed by atoms with Crippen LogP contribution in [-0.4, -0.2) is 16.5 Å². The van der Waals surface area contributed by atoms with Gasteiger partial charge in [-0.25, -0.2) is 14.4 Å². The zero-order valence-corrected chi connectivity index (χ0v) is 15.3. The van der Waals surface area contributed by atoms with Crippen molar-refractivity contribution >= 4 is 17.3 Å². The number of halogens is 1. The molecule has 0 radical (unpaired) electrons. The monoisotopic (exact) mass is 350 g/mol. The van der Waals surface area contributed by atoms with Crippen LogP contribution >= 0.6 is 0 Å². The Kier molecular flexibility index (Phi) is 5.46. The van der Waals surface area contributed by atoms with Crippen molar-refractivity contribution in [3.63, 3.8) is 0 Å². The summed E-state index contributed by atoms with van der Waals surface area (Å²) in [5.74, 6) is 1.96. The molecule has 0 fully saturated rings. The molecule has 0 amide bonds. The fourth-order valence-electron chi connectivity index (χ4n) is 2.77. The minimum Gasteiger partial charge on any atom is -0.370 e. The molecule has 0 atom stereocenters. The lowest BCUT2D eigenvalue weighted by atomic mass is 10.1. The van der Waals surface area contributed by atoms with Crippen LogP contribution in [0.2, 0.25) is 0 Å². The molecule has 3 aromatic rings. The van der Waals surface area contributed by atoms with E-state index in [2.05, 4.69) is 40.5 Å². The van der Waals surface area contributed by atoms with E-state index in [1.807, 2.05) is 31.2 Å². The maximum absolute atomic E-state index is 13.7. The lowest BCUT2D eigenvalue weighted by Gasteiger charge is -2.13. The van der Waals surface area contributed by atoms with E-state index in [0.717, 1.165) is 17.3 Å². The highest BCUT2D eigenvalue weighted by atomic mass is 19.1. The van der Waals surface area contributed by atoms with E-state index in [9.17, 15) is 4.39 Å². The Hall–Kier alpha value is -2.95. The summed E-state index contributed by atoms with van der Waals surface area (Å²) in [6.07, 6.45) is 0.593. The van der Waals surface area contributed by atoms with Gasteiger partial charge < -0.3 is 10.6 Å². The summed E-state index contributed by atoms with van der Waals surface area (Å²) in [5, 5.41) is 6.62. The lowest BCUT2D eigenvalue weighted by molar-refractivity contribution is 0.610. The van der Waals surface area contributed by atoms with Gasteiger partial charge in [-0.3, -0.25) is 0 Å². The van der Waals surface area contributed by atoms with Crippen LogP contribution in [0.15, 0.2) is 48.5 Å². The maximum atomic E-state index is 13.7. The quantitative estimate of drug-likeness (QED) is 0.661. The summed E-state index contributed by atoms with van der Waals surface area (Å²) in [7, 11) is 0. The summed E-state index contributed by atoms with van der Waals surface area (Å²) in [5.41, 5.74) is 4.14. The average molecular weight is 350 g/mol. The van der Waals surface area contributed by atoms with Crippen molar-refractivity contribution in [1.82, 2.24) is 9.97 Å². The predicted octanol–water partition coefficient (Wildman–Crippen LogP) is 4.94. The molecule has 4 nitrogen and oxygen atoms in total. The first-order valence-corrected chi connectivity index (χ1v) is 8.69. The van der Waals surface area contributed by atoms with Crippen LogP contribution in [-0.2, 0) is 6.42 Å². The number of nitrogens with zero attached hydrogens (tertiary/aromatic N) is 2. The highest BCUT2D eigenvalue weighted by Gasteiger charge is 2.06. The van der Waals surface area contributed by atoms with Gasteiger partial charge >= 0.3 is 0 Å². The average Bonchev–Trinajstić information content (AvgIpc) is 2.60. The van der Waals surface area contributed by atoms with E-state index in [4.69, 9.17) is 0 Å². The number of rotatable bonds is 6. The van der Waals surface area contributed by atoms with Crippen LogP contribution < -0.4 is 10.6 Å². The molecule has 26 heavy (non-hydrogen) atoms. The topological polar surface area (TPSA) is 49.8 Å². The van der Waals surface area contributed by atoms with Crippen LogP contribution in [0.5, 0.6) is 0 Å². The van der Waals surface area contributed by atoms with Crippen LogP contribution in [0.3, 0.4) is 0 Å². The normalized spacial score (nSPS) is 10.6. The molecule has 0 aliphatic heterocycles.